The van der Waals surface area contributed by atoms with Gasteiger partial charge in [-0.2, -0.15) is 0 Å². The number of hydrogen-bond donors (Lipinski definition) is 0. The molecule has 0 amide bonds. The number of hydrogen-bond acceptors (Lipinski definition) is 4. The monoisotopic (exact) mass is 1150 g/mol. The lowest BCUT2D eigenvalue weighted by Gasteiger charge is -2.45. The van der Waals surface area contributed by atoms with E-state index >= 15 is 0 Å². The third-order valence-corrected chi connectivity index (χ3v) is 19.0. The molecule has 19 rings (SSSR count). The van der Waals surface area contributed by atoms with Gasteiger partial charge in [-0.25, -0.2) is 0 Å². The molecule has 0 fully saturated rings. The maximum absolute atomic E-state index is 6.65. The Bertz CT molecular complexity index is 5650. The first-order valence-electron chi connectivity index (χ1n) is 30.9. The summed E-state index contributed by atoms with van der Waals surface area (Å²) >= 11 is 0. The van der Waals surface area contributed by atoms with Crippen LogP contribution in [0.5, 0.6) is 0 Å². The van der Waals surface area contributed by atoms with Crippen LogP contribution in [0.3, 0.4) is 0 Å². The normalized spacial score (nSPS) is 12.6. The fraction of sp³-hybridized carbons (Fsp3) is 0. The standard InChI is InChI=1S/C84H52BN3O2/c1-4-23-53(24-5-1)59-29-10-15-38-70(59)87-73-47-45-56(60-34-21-43-79-81(60)66-32-13-18-41-77(66)89-79)49-68(73)85-69-50-57(61-35-22-44-80-82(61)67-33-14-19-42-78(67)90-80)46-48-74(69)88(84-62(54-25-6-2-7-26-54)36-20-37-63(84)55-27-8-3-9-28-55)76-52-58(51-75(87)83(76)85)86-71-39-16-11-30-64(71)65-31-12-17-40-72(65)86/h1-52H. The van der Waals surface area contributed by atoms with Crippen molar-refractivity contribution in [2.75, 3.05) is 9.80 Å². The summed E-state index contributed by atoms with van der Waals surface area (Å²) in [7, 11) is 0. The zero-order valence-electron chi connectivity index (χ0n) is 48.8. The van der Waals surface area contributed by atoms with E-state index in [9.17, 15) is 0 Å². The van der Waals surface area contributed by atoms with Crippen LogP contribution in [0.15, 0.2) is 324 Å². The quantitative estimate of drug-likeness (QED) is 0.142. The molecule has 17 aromatic rings. The van der Waals surface area contributed by atoms with Gasteiger partial charge in [-0.3, -0.25) is 0 Å². The van der Waals surface area contributed by atoms with E-state index < -0.39 is 0 Å². The lowest BCUT2D eigenvalue weighted by Crippen LogP contribution is -2.61. The Kier molecular flexibility index (Phi) is 11.1. The number of rotatable bonds is 8. The molecule has 0 aliphatic carbocycles. The van der Waals surface area contributed by atoms with Gasteiger partial charge in [0, 0.05) is 71.8 Å². The van der Waals surface area contributed by atoms with Crippen molar-refractivity contribution >= 4 is 123 Å². The van der Waals surface area contributed by atoms with E-state index in [-0.39, 0.29) is 6.71 Å². The van der Waals surface area contributed by atoms with Gasteiger partial charge in [0.15, 0.2) is 0 Å². The number of nitrogens with zero attached hydrogens (tertiary/aromatic N) is 3. The molecule has 14 aromatic carbocycles. The Morgan fingerprint density at radius 1 is 0.256 bits per heavy atom. The molecule has 5 nitrogen and oxygen atoms in total. The van der Waals surface area contributed by atoms with Gasteiger partial charge in [0.2, 0.25) is 0 Å². The van der Waals surface area contributed by atoms with E-state index in [1.54, 1.807) is 0 Å². The van der Waals surface area contributed by atoms with E-state index in [4.69, 9.17) is 8.83 Å². The second-order valence-corrected chi connectivity index (χ2v) is 23.8. The van der Waals surface area contributed by atoms with Crippen LogP contribution in [-0.4, -0.2) is 11.3 Å². The van der Waals surface area contributed by atoms with Crippen LogP contribution in [0.4, 0.5) is 34.1 Å². The van der Waals surface area contributed by atoms with E-state index in [1.807, 2.05) is 0 Å². The molecule has 3 aromatic heterocycles. The van der Waals surface area contributed by atoms with Gasteiger partial charge in [0.1, 0.15) is 22.3 Å². The molecule has 0 saturated carbocycles. The molecule has 0 spiro atoms. The number of para-hydroxylation sites is 6. The first kappa shape index (κ1) is 50.3. The van der Waals surface area contributed by atoms with Crippen LogP contribution in [0.25, 0.3) is 127 Å². The Hall–Kier alpha value is -11.9. The van der Waals surface area contributed by atoms with E-state index in [1.165, 1.54) is 27.2 Å². The van der Waals surface area contributed by atoms with Crippen molar-refractivity contribution in [1.82, 2.24) is 4.57 Å². The zero-order chi connectivity index (χ0) is 59.0. The van der Waals surface area contributed by atoms with Crippen molar-refractivity contribution in [2.45, 2.75) is 0 Å². The molecule has 0 N–H and O–H groups in total. The smallest absolute Gasteiger partial charge is 0.252 e. The second kappa shape index (κ2) is 19.8. The number of furan rings is 2. The highest BCUT2D eigenvalue weighted by atomic mass is 16.3. The molecule has 2 aliphatic rings. The number of anilines is 6. The van der Waals surface area contributed by atoms with Crippen molar-refractivity contribution in [3.63, 3.8) is 0 Å². The molecular formula is C84H52BN3O2. The molecule has 90 heavy (non-hydrogen) atoms. The second-order valence-electron chi connectivity index (χ2n) is 23.8. The maximum atomic E-state index is 6.65. The highest BCUT2D eigenvalue weighted by molar-refractivity contribution is 7.00. The van der Waals surface area contributed by atoms with Crippen molar-refractivity contribution in [2.24, 2.45) is 0 Å². The summed E-state index contributed by atoms with van der Waals surface area (Å²) < 4.78 is 15.8. The number of fused-ring (bicyclic) bond motifs is 13. The van der Waals surface area contributed by atoms with Gasteiger partial charge < -0.3 is 23.2 Å². The van der Waals surface area contributed by atoms with Crippen LogP contribution in [-0.2, 0) is 0 Å². The lowest BCUT2D eigenvalue weighted by molar-refractivity contribution is 0.668. The molecule has 6 heteroatoms. The van der Waals surface area contributed by atoms with Gasteiger partial charge in [-0.05, 0) is 122 Å². The van der Waals surface area contributed by atoms with Crippen LogP contribution < -0.4 is 26.2 Å². The van der Waals surface area contributed by atoms with Gasteiger partial charge >= 0.3 is 0 Å². The highest BCUT2D eigenvalue weighted by Gasteiger charge is 2.45. The summed E-state index contributed by atoms with van der Waals surface area (Å²) in [6.45, 7) is -0.284. The minimum Gasteiger partial charge on any atom is -0.456 e. The third-order valence-electron chi connectivity index (χ3n) is 19.0. The molecular weight excluding hydrogens is 1090 g/mol. The molecule has 418 valence electrons. The average Bonchev–Trinajstić information content (AvgIpc) is 0.740. The van der Waals surface area contributed by atoms with Crippen LogP contribution in [0, 0.1) is 0 Å². The molecule has 0 saturated heterocycles. The average molecular weight is 1150 g/mol. The van der Waals surface area contributed by atoms with Crippen molar-refractivity contribution in [1.29, 1.82) is 0 Å². The molecule has 2 aliphatic heterocycles. The number of aromatic nitrogens is 1. The molecule has 5 heterocycles. The van der Waals surface area contributed by atoms with Gasteiger partial charge in [0.25, 0.3) is 6.71 Å². The van der Waals surface area contributed by atoms with Crippen LogP contribution >= 0.6 is 0 Å². The van der Waals surface area contributed by atoms with Crippen molar-refractivity contribution in [3.05, 3.63) is 315 Å². The predicted molar refractivity (Wildman–Crippen MR) is 377 cm³/mol. The molecule has 0 bridgehead atoms. The van der Waals surface area contributed by atoms with E-state index in [0.29, 0.717) is 0 Å². The van der Waals surface area contributed by atoms with Crippen LogP contribution in [0.2, 0.25) is 0 Å². The first-order valence-corrected chi connectivity index (χ1v) is 30.9. The van der Waals surface area contributed by atoms with Crippen molar-refractivity contribution < 1.29 is 8.83 Å². The number of benzene rings is 14. The molecule has 0 radical (unpaired) electrons. The van der Waals surface area contributed by atoms with Gasteiger partial charge in [-0.15, -0.1) is 0 Å². The molecule has 0 unspecified atom stereocenters. The SMILES string of the molecule is c1ccc(-c2ccccc2N2c3ccc(-c4cccc5oc6ccccc6c45)cc3B3c4cc(-c5cccc6oc7ccccc7c56)ccc4N(c4c(-c5ccccc5)cccc4-c4ccccc4)c4cc(-n5c6ccccc6c6ccccc65)cc2c43)cc1. The summed E-state index contributed by atoms with van der Waals surface area (Å²) in [5, 5.41) is 6.82. The maximum Gasteiger partial charge on any atom is 0.252 e. The summed E-state index contributed by atoms with van der Waals surface area (Å²) in [4.78, 5) is 5.23. The zero-order valence-corrected chi connectivity index (χ0v) is 48.8. The fourth-order valence-electron chi connectivity index (χ4n) is 15.2. The first-order chi connectivity index (χ1) is 44.7. The summed E-state index contributed by atoms with van der Waals surface area (Å²) in [6.07, 6.45) is 0. The van der Waals surface area contributed by atoms with E-state index in [2.05, 4.69) is 330 Å². The topological polar surface area (TPSA) is 37.7 Å². The van der Waals surface area contributed by atoms with Gasteiger partial charge in [-0.1, -0.05) is 249 Å². The Morgan fingerprint density at radius 2 is 0.656 bits per heavy atom. The summed E-state index contributed by atoms with van der Waals surface area (Å²) in [5.74, 6) is 0. The predicted octanol–water partition coefficient (Wildman–Crippen LogP) is 21.0. The minimum absolute atomic E-state index is 0.284. The Balaban J connectivity index is 0.994. The summed E-state index contributed by atoms with van der Waals surface area (Å²) in [5.41, 5.74) is 28.3. The summed E-state index contributed by atoms with van der Waals surface area (Å²) in [6, 6.07) is 116. The minimum atomic E-state index is -0.284. The molecule has 0 atom stereocenters. The third kappa shape index (κ3) is 7.52. The lowest BCUT2D eigenvalue weighted by atomic mass is 9.33. The fourth-order valence-corrected chi connectivity index (χ4v) is 15.2. The van der Waals surface area contributed by atoms with E-state index in [0.717, 1.165) is 150 Å². The van der Waals surface area contributed by atoms with Crippen molar-refractivity contribution in [3.8, 4) is 61.3 Å². The highest BCUT2D eigenvalue weighted by Crippen LogP contribution is 2.53. The Labute approximate surface area is 519 Å². The largest absolute Gasteiger partial charge is 0.456 e. The van der Waals surface area contributed by atoms with Gasteiger partial charge in [0.05, 0.1) is 28.1 Å². The van der Waals surface area contributed by atoms with Crippen LogP contribution in [0.1, 0.15) is 0 Å². The Morgan fingerprint density at radius 3 is 1.20 bits per heavy atom.